The highest BCUT2D eigenvalue weighted by Crippen LogP contribution is 2.42. The quantitative estimate of drug-likeness (QED) is 0.196. The summed E-state index contributed by atoms with van der Waals surface area (Å²) in [5.41, 5.74) is 8.88. The van der Waals surface area contributed by atoms with Crippen LogP contribution in [0.4, 0.5) is 0 Å². The van der Waals surface area contributed by atoms with Crippen LogP contribution in [0.15, 0.2) is 155 Å². The number of para-hydroxylation sites is 1. The van der Waals surface area contributed by atoms with E-state index in [2.05, 4.69) is 65.6 Å². The summed E-state index contributed by atoms with van der Waals surface area (Å²) < 4.78 is 12.4. The maximum Gasteiger partial charge on any atom is 0.164 e. The molecule has 0 amide bonds. The third-order valence-corrected chi connectivity index (χ3v) is 9.02. The van der Waals surface area contributed by atoms with Crippen LogP contribution in [-0.2, 0) is 0 Å². The fraction of sp³-hybridized carbons (Fsp3) is 0. The SMILES string of the molecule is c1ccc(-c2nc(-c3ccc(-c4cccc5oc6ccccc6c45)c4ccccc34)nc(-c3cccc4oc5cccnc5c34)n2)cc1. The summed E-state index contributed by atoms with van der Waals surface area (Å²) in [6, 6.07) is 47.0. The Morgan fingerprint density at radius 3 is 1.77 bits per heavy atom. The predicted molar refractivity (Wildman–Crippen MR) is 191 cm³/mol. The lowest BCUT2D eigenvalue weighted by atomic mass is 9.92. The average Bonchev–Trinajstić information content (AvgIpc) is 3.73. The first-order chi connectivity index (χ1) is 23.8. The molecule has 0 saturated carbocycles. The topological polar surface area (TPSA) is 77.8 Å². The molecule has 10 rings (SSSR count). The van der Waals surface area contributed by atoms with Gasteiger partial charge in [0, 0.05) is 33.7 Å². The molecule has 0 spiro atoms. The Balaban J connectivity index is 1.23. The fourth-order valence-electron chi connectivity index (χ4n) is 6.89. The molecule has 0 N–H and O–H groups in total. The van der Waals surface area contributed by atoms with Gasteiger partial charge in [0.25, 0.3) is 0 Å². The van der Waals surface area contributed by atoms with E-state index in [1.54, 1.807) is 6.20 Å². The predicted octanol–water partition coefficient (Wildman–Crippen LogP) is 10.9. The van der Waals surface area contributed by atoms with E-state index >= 15 is 0 Å². The summed E-state index contributed by atoms with van der Waals surface area (Å²) >= 11 is 0. The van der Waals surface area contributed by atoms with Gasteiger partial charge in [0.15, 0.2) is 23.1 Å². The summed E-state index contributed by atoms with van der Waals surface area (Å²) in [5.74, 6) is 1.74. The number of furan rings is 2. The smallest absolute Gasteiger partial charge is 0.164 e. The third kappa shape index (κ3) is 4.06. The van der Waals surface area contributed by atoms with Crippen LogP contribution < -0.4 is 0 Å². The zero-order valence-electron chi connectivity index (χ0n) is 25.5. The van der Waals surface area contributed by atoms with Gasteiger partial charge >= 0.3 is 0 Å². The van der Waals surface area contributed by atoms with Crippen molar-refractivity contribution in [2.24, 2.45) is 0 Å². The van der Waals surface area contributed by atoms with E-state index < -0.39 is 0 Å². The first-order valence-electron chi connectivity index (χ1n) is 15.8. The summed E-state index contributed by atoms with van der Waals surface area (Å²) in [7, 11) is 0. The number of fused-ring (bicyclic) bond motifs is 7. The second-order valence-electron chi connectivity index (χ2n) is 11.8. The Labute approximate surface area is 274 Å². The molecular formula is C42H24N4O2. The van der Waals surface area contributed by atoms with E-state index in [1.165, 1.54) is 0 Å². The van der Waals surface area contributed by atoms with Gasteiger partial charge in [-0.1, -0.05) is 103 Å². The lowest BCUT2D eigenvalue weighted by Crippen LogP contribution is -2.01. The number of hydrogen-bond donors (Lipinski definition) is 0. The van der Waals surface area contributed by atoms with Gasteiger partial charge in [-0.25, -0.2) is 15.0 Å². The van der Waals surface area contributed by atoms with Gasteiger partial charge in [0.05, 0.1) is 5.39 Å². The minimum atomic E-state index is 0.556. The van der Waals surface area contributed by atoms with Crippen molar-refractivity contribution in [1.82, 2.24) is 19.9 Å². The first kappa shape index (κ1) is 26.5. The molecule has 4 heterocycles. The van der Waals surface area contributed by atoms with E-state index in [-0.39, 0.29) is 0 Å². The van der Waals surface area contributed by atoms with Gasteiger partial charge in [-0.3, -0.25) is 4.98 Å². The molecule has 0 atom stereocenters. The molecule has 0 saturated heterocycles. The third-order valence-electron chi connectivity index (χ3n) is 9.02. The van der Waals surface area contributed by atoms with Crippen molar-refractivity contribution in [1.29, 1.82) is 0 Å². The zero-order valence-corrected chi connectivity index (χ0v) is 25.5. The molecule has 10 aromatic rings. The lowest BCUT2D eigenvalue weighted by molar-refractivity contribution is 0.668. The molecule has 0 aliphatic rings. The molecule has 6 nitrogen and oxygen atoms in total. The first-order valence-corrected chi connectivity index (χ1v) is 15.8. The molecule has 0 radical (unpaired) electrons. The van der Waals surface area contributed by atoms with Crippen LogP contribution in [0.5, 0.6) is 0 Å². The van der Waals surface area contributed by atoms with E-state index in [9.17, 15) is 0 Å². The van der Waals surface area contributed by atoms with Crippen LogP contribution in [0.1, 0.15) is 0 Å². The van der Waals surface area contributed by atoms with Crippen LogP contribution in [0.25, 0.3) is 100 Å². The van der Waals surface area contributed by atoms with Crippen molar-refractivity contribution in [2.75, 3.05) is 0 Å². The van der Waals surface area contributed by atoms with Gasteiger partial charge in [0.1, 0.15) is 22.3 Å². The number of hydrogen-bond acceptors (Lipinski definition) is 6. The minimum Gasteiger partial charge on any atom is -0.456 e. The van der Waals surface area contributed by atoms with Crippen molar-refractivity contribution in [3.63, 3.8) is 0 Å². The van der Waals surface area contributed by atoms with E-state index in [0.29, 0.717) is 17.5 Å². The van der Waals surface area contributed by atoms with Gasteiger partial charge in [-0.15, -0.1) is 0 Å². The largest absolute Gasteiger partial charge is 0.456 e. The lowest BCUT2D eigenvalue weighted by Gasteiger charge is -2.14. The molecule has 6 heteroatoms. The van der Waals surface area contributed by atoms with Gasteiger partial charge in [-0.2, -0.15) is 0 Å². The minimum absolute atomic E-state index is 0.556. The average molecular weight is 617 g/mol. The number of pyridine rings is 1. The summed E-state index contributed by atoms with van der Waals surface area (Å²) in [6.45, 7) is 0. The van der Waals surface area contributed by atoms with E-state index in [0.717, 1.165) is 82.6 Å². The van der Waals surface area contributed by atoms with Gasteiger partial charge < -0.3 is 8.83 Å². The normalized spacial score (nSPS) is 11.8. The summed E-state index contributed by atoms with van der Waals surface area (Å²) in [4.78, 5) is 20.0. The molecule has 6 aromatic carbocycles. The molecule has 0 bridgehead atoms. The molecule has 0 aliphatic heterocycles. The molecule has 224 valence electrons. The fourth-order valence-corrected chi connectivity index (χ4v) is 6.89. The number of rotatable bonds is 4. The van der Waals surface area contributed by atoms with Crippen LogP contribution in [0, 0.1) is 0 Å². The Bertz CT molecular complexity index is 2850. The van der Waals surface area contributed by atoms with Gasteiger partial charge in [-0.05, 0) is 58.3 Å². The maximum atomic E-state index is 6.24. The highest BCUT2D eigenvalue weighted by Gasteiger charge is 2.20. The van der Waals surface area contributed by atoms with E-state index in [4.69, 9.17) is 23.8 Å². The Morgan fingerprint density at radius 1 is 0.354 bits per heavy atom. The molecule has 48 heavy (non-hydrogen) atoms. The van der Waals surface area contributed by atoms with Crippen LogP contribution in [-0.4, -0.2) is 19.9 Å². The van der Waals surface area contributed by atoms with Gasteiger partial charge in [0.2, 0.25) is 0 Å². The summed E-state index contributed by atoms with van der Waals surface area (Å²) in [6.07, 6.45) is 1.78. The standard InChI is InChI=1S/C42H24N4O2/c1-2-11-25(12-3-1)40-44-41(46-42(45-40)32-17-9-20-35-38(32)39-36(48-35)21-10-24-43-39)30-23-22-28(26-13-4-5-14-27(26)30)29-16-8-19-34-37(29)31-15-6-7-18-33(31)47-34/h1-24H. The molecular weight excluding hydrogens is 592 g/mol. The summed E-state index contributed by atoms with van der Waals surface area (Å²) in [5, 5.41) is 5.23. The number of benzene rings is 6. The van der Waals surface area contributed by atoms with Crippen molar-refractivity contribution >= 4 is 54.8 Å². The van der Waals surface area contributed by atoms with E-state index in [1.807, 2.05) is 78.9 Å². The number of aromatic nitrogens is 4. The Hall–Kier alpha value is -6.66. The molecule has 4 aromatic heterocycles. The van der Waals surface area contributed by atoms with Crippen molar-refractivity contribution in [2.45, 2.75) is 0 Å². The second kappa shape index (κ2) is 10.4. The zero-order chi connectivity index (χ0) is 31.6. The van der Waals surface area contributed by atoms with Crippen LogP contribution >= 0.6 is 0 Å². The van der Waals surface area contributed by atoms with Crippen molar-refractivity contribution in [3.05, 3.63) is 146 Å². The van der Waals surface area contributed by atoms with Crippen LogP contribution in [0.2, 0.25) is 0 Å². The Morgan fingerprint density at radius 2 is 0.938 bits per heavy atom. The molecule has 0 fully saturated rings. The van der Waals surface area contributed by atoms with Crippen molar-refractivity contribution in [3.8, 4) is 45.3 Å². The molecule has 0 aliphatic carbocycles. The highest BCUT2D eigenvalue weighted by atomic mass is 16.3. The van der Waals surface area contributed by atoms with Crippen molar-refractivity contribution < 1.29 is 8.83 Å². The monoisotopic (exact) mass is 616 g/mol. The maximum absolute atomic E-state index is 6.24. The Kier molecular flexibility index (Phi) is 5.77. The number of nitrogens with zero attached hydrogens (tertiary/aromatic N) is 4. The molecule has 0 unspecified atom stereocenters. The van der Waals surface area contributed by atoms with Crippen LogP contribution in [0.3, 0.4) is 0 Å². The highest BCUT2D eigenvalue weighted by molar-refractivity contribution is 6.16. The second-order valence-corrected chi connectivity index (χ2v) is 11.8.